The molecular formula is C14H18N4O3. The van der Waals surface area contributed by atoms with E-state index in [0.29, 0.717) is 35.9 Å². The van der Waals surface area contributed by atoms with Crippen molar-refractivity contribution in [3.63, 3.8) is 0 Å². The summed E-state index contributed by atoms with van der Waals surface area (Å²) in [5, 5.41) is 5.38. The molecule has 2 heterocycles. The van der Waals surface area contributed by atoms with Crippen LogP contribution in [0.2, 0.25) is 0 Å². The zero-order valence-corrected chi connectivity index (χ0v) is 12.3. The minimum absolute atomic E-state index is 0.125. The van der Waals surface area contributed by atoms with Gasteiger partial charge in [0.1, 0.15) is 5.69 Å². The molecule has 0 unspecified atom stereocenters. The topological polar surface area (TPSA) is 84.7 Å². The van der Waals surface area contributed by atoms with Crippen LogP contribution < -0.4 is 15.4 Å². The van der Waals surface area contributed by atoms with Crippen molar-refractivity contribution in [1.29, 1.82) is 0 Å². The first-order valence-corrected chi connectivity index (χ1v) is 6.59. The van der Waals surface area contributed by atoms with Gasteiger partial charge in [0.25, 0.3) is 5.91 Å². The number of nitrogens with zero attached hydrogens (tertiary/aromatic N) is 2. The second-order valence-electron chi connectivity index (χ2n) is 4.55. The number of amides is 2. The maximum atomic E-state index is 12.3. The van der Waals surface area contributed by atoms with Crippen molar-refractivity contribution in [2.45, 2.75) is 13.8 Å². The largest absolute Gasteiger partial charge is 0.493 e. The number of imidazole rings is 1. The summed E-state index contributed by atoms with van der Waals surface area (Å²) in [5.74, 6) is 0.247. The van der Waals surface area contributed by atoms with E-state index in [1.165, 1.54) is 6.92 Å². The van der Waals surface area contributed by atoms with E-state index in [4.69, 9.17) is 4.74 Å². The maximum Gasteiger partial charge on any atom is 0.270 e. The molecule has 0 aliphatic carbocycles. The highest BCUT2D eigenvalue weighted by molar-refractivity contribution is 5.95. The monoisotopic (exact) mass is 290 g/mol. The summed E-state index contributed by atoms with van der Waals surface area (Å²) in [4.78, 5) is 27.4. The zero-order chi connectivity index (χ0) is 15.4. The summed E-state index contributed by atoms with van der Waals surface area (Å²) in [6.07, 6.45) is 1.76. The lowest BCUT2D eigenvalue weighted by atomic mass is 10.3. The van der Waals surface area contributed by atoms with Crippen LogP contribution in [0.1, 0.15) is 23.1 Å². The fourth-order valence-electron chi connectivity index (χ4n) is 2.09. The lowest BCUT2D eigenvalue weighted by Crippen LogP contribution is -2.34. The van der Waals surface area contributed by atoms with Crippen molar-refractivity contribution < 1.29 is 14.3 Å². The van der Waals surface area contributed by atoms with Crippen molar-refractivity contribution in [2.24, 2.45) is 0 Å². The van der Waals surface area contributed by atoms with E-state index >= 15 is 0 Å². The minimum atomic E-state index is -0.237. The molecule has 2 amide bonds. The maximum absolute atomic E-state index is 12.3. The Bertz CT molecular complexity index is 678. The number of fused-ring (bicyclic) bond motifs is 1. The molecule has 7 heteroatoms. The predicted molar refractivity (Wildman–Crippen MR) is 77.5 cm³/mol. The third-order valence-electron chi connectivity index (χ3n) is 3.01. The molecule has 0 atom stereocenters. The molecule has 0 bridgehead atoms. The molecule has 21 heavy (non-hydrogen) atoms. The standard InChI is InChI=1S/C14H18N4O3/c1-9-12(14(20)16-7-6-15-10(2)19)18-8-4-5-11(21-3)13(18)17-9/h4-5,8H,6-7H2,1-3H3,(H,15,19)(H,16,20). The van der Waals surface area contributed by atoms with Gasteiger partial charge in [0.15, 0.2) is 11.4 Å². The molecule has 0 spiro atoms. The summed E-state index contributed by atoms with van der Waals surface area (Å²) >= 11 is 0. The molecule has 2 N–H and O–H groups in total. The van der Waals surface area contributed by atoms with Gasteiger partial charge >= 0.3 is 0 Å². The van der Waals surface area contributed by atoms with Crippen LogP contribution in [0.15, 0.2) is 18.3 Å². The second kappa shape index (κ2) is 6.25. The molecule has 0 saturated carbocycles. The van der Waals surface area contributed by atoms with Crippen LogP contribution >= 0.6 is 0 Å². The highest BCUT2D eigenvalue weighted by Crippen LogP contribution is 2.21. The summed E-state index contributed by atoms with van der Waals surface area (Å²) in [5.41, 5.74) is 1.69. The average molecular weight is 290 g/mol. The molecule has 112 valence electrons. The van der Waals surface area contributed by atoms with Gasteiger partial charge in [-0.2, -0.15) is 0 Å². The molecule has 2 aromatic heterocycles. The number of methoxy groups -OCH3 is 1. The molecule has 0 aliphatic rings. The SMILES string of the molecule is COc1cccn2c(C(=O)NCCNC(C)=O)c(C)nc12. The van der Waals surface area contributed by atoms with Gasteiger partial charge in [-0.15, -0.1) is 0 Å². The third kappa shape index (κ3) is 3.13. The Hall–Kier alpha value is -2.57. The van der Waals surface area contributed by atoms with Gasteiger partial charge in [-0.05, 0) is 19.1 Å². The minimum Gasteiger partial charge on any atom is -0.493 e. The lowest BCUT2D eigenvalue weighted by molar-refractivity contribution is -0.118. The fourth-order valence-corrected chi connectivity index (χ4v) is 2.09. The lowest BCUT2D eigenvalue weighted by Gasteiger charge is -2.07. The average Bonchev–Trinajstić information content (AvgIpc) is 2.79. The van der Waals surface area contributed by atoms with Crippen LogP contribution in [0.5, 0.6) is 5.75 Å². The molecule has 0 saturated heterocycles. The number of nitrogens with one attached hydrogen (secondary N) is 2. The van der Waals surface area contributed by atoms with Crippen molar-refractivity contribution >= 4 is 17.5 Å². The van der Waals surface area contributed by atoms with Crippen LogP contribution in [-0.4, -0.2) is 41.4 Å². The first-order valence-electron chi connectivity index (χ1n) is 6.59. The first kappa shape index (κ1) is 14.8. The van der Waals surface area contributed by atoms with Gasteiger partial charge in [-0.25, -0.2) is 4.98 Å². The summed E-state index contributed by atoms with van der Waals surface area (Å²) in [6.45, 7) is 3.95. The Balaban J connectivity index is 2.19. The quantitative estimate of drug-likeness (QED) is 0.786. The van der Waals surface area contributed by atoms with Crippen LogP contribution in [0, 0.1) is 6.92 Å². The highest BCUT2D eigenvalue weighted by Gasteiger charge is 2.18. The smallest absolute Gasteiger partial charge is 0.270 e. The van der Waals surface area contributed by atoms with Crippen LogP contribution in [0.4, 0.5) is 0 Å². The van der Waals surface area contributed by atoms with Gasteiger partial charge in [0.05, 0.1) is 12.8 Å². The number of hydrogen-bond donors (Lipinski definition) is 2. The number of rotatable bonds is 5. The molecule has 0 aromatic carbocycles. The number of aromatic nitrogens is 2. The summed E-state index contributed by atoms with van der Waals surface area (Å²) in [6, 6.07) is 3.58. The number of carbonyl (C=O) groups is 2. The van der Waals surface area contributed by atoms with E-state index < -0.39 is 0 Å². The van der Waals surface area contributed by atoms with Crippen molar-refractivity contribution in [3.8, 4) is 5.75 Å². The number of pyridine rings is 1. The van der Waals surface area contributed by atoms with E-state index in [-0.39, 0.29) is 11.8 Å². The van der Waals surface area contributed by atoms with Gasteiger partial charge < -0.3 is 15.4 Å². The molecule has 0 fully saturated rings. The van der Waals surface area contributed by atoms with Crippen LogP contribution in [0.25, 0.3) is 5.65 Å². The van der Waals surface area contributed by atoms with E-state index in [1.54, 1.807) is 36.8 Å². The van der Waals surface area contributed by atoms with E-state index in [0.717, 1.165) is 0 Å². The number of ether oxygens (including phenoxy) is 1. The summed E-state index contributed by atoms with van der Waals surface area (Å²) in [7, 11) is 1.56. The van der Waals surface area contributed by atoms with Crippen molar-refractivity contribution in [2.75, 3.05) is 20.2 Å². The van der Waals surface area contributed by atoms with Gasteiger partial charge in [-0.3, -0.25) is 14.0 Å². The number of aryl methyl sites for hydroxylation is 1. The van der Waals surface area contributed by atoms with Crippen molar-refractivity contribution in [1.82, 2.24) is 20.0 Å². The molecular weight excluding hydrogens is 272 g/mol. The normalized spacial score (nSPS) is 10.4. The molecule has 2 rings (SSSR count). The Morgan fingerprint density at radius 3 is 2.71 bits per heavy atom. The Kier molecular flexibility index (Phi) is 4.42. The fraction of sp³-hybridized carbons (Fsp3) is 0.357. The first-order chi connectivity index (χ1) is 10.0. The third-order valence-corrected chi connectivity index (χ3v) is 3.01. The zero-order valence-electron chi connectivity index (χ0n) is 12.3. The van der Waals surface area contributed by atoms with E-state index in [2.05, 4.69) is 15.6 Å². The predicted octanol–water partition coefficient (Wildman–Crippen LogP) is 0.517. The van der Waals surface area contributed by atoms with E-state index in [9.17, 15) is 9.59 Å². The second-order valence-corrected chi connectivity index (χ2v) is 4.55. The molecule has 7 nitrogen and oxygen atoms in total. The van der Waals surface area contributed by atoms with E-state index in [1.807, 2.05) is 0 Å². The van der Waals surface area contributed by atoms with Gasteiger partial charge in [0.2, 0.25) is 5.91 Å². The summed E-state index contributed by atoms with van der Waals surface area (Å²) < 4.78 is 6.93. The number of hydrogen-bond acceptors (Lipinski definition) is 4. The Labute approximate surface area is 122 Å². The molecule has 2 aromatic rings. The van der Waals surface area contributed by atoms with Gasteiger partial charge in [0, 0.05) is 26.2 Å². The number of carbonyl (C=O) groups excluding carboxylic acids is 2. The molecule has 0 radical (unpaired) electrons. The van der Waals surface area contributed by atoms with Crippen LogP contribution in [0.3, 0.4) is 0 Å². The Morgan fingerprint density at radius 1 is 1.33 bits per heavy atom. The Morgan fingerprint density at radius 2 is 2.05 bits per heavy atom. The molecule has 0 aliphatic heterocycles. The highest BCUT2D eigenvalue weighted by atomic mass is 16.5. The van der Waals surface area contributed by atoms with Gasteiger partial charge in [-0.1, -0.05) is 0 Å². The van der Waals surface area contributed by atoms with Crippen LogP contribution in [-0.2, 0) is 4.79 Å². The van der Waals surface area contributed by atoms with Crippen molar-refractivity contribution in [3.05, 3.63) is 29.7 Å².